The molecule has 1 unspecified atom stereocenters. The lowest BCUT2D eigenvalue weighted by Gasteiger charge is -2.36. The normalized spacial score (nSPS) is 15.1. The second-order valence-corrected chi connectivity index (χ2v) is 13.3. The topological polar surface area (TPSA) is 116 Å². The maximum Gasteiger partial charge on any atom is 0.330 e. The number of rotatable bonds is 16. The van der Waals surface area contributed by atoms with Gasteiger partial charge in [0.25, 0.3) is 14.1 Å². The highest BCUT2D eigenvalue weighted by Gasteiger charge is 2.29. The third kappa shape index (κ3) is 11.8. The maximum absolute atomic E-state index is 12.3. The van der Waals surface area contributed by atoms with Crippen LogP contribution in [0.15, 0.2) is 33.7 Å². The zero-order chi connectivity index (χ0) is 26.6. The van der Waals surface area contributed by atoms with Gasteiger partial charge in [-0.05, 0) is 46.8 Å². The van der Waals surface area contributed by atoms with Crippen molar-refractivity contribution in [3.63, 3.8) is 0 Å². The van der Waals surface area contributed by atoms with E-state index >= 15 is 0 Å². The molecule has 0 aliphatic rings. The van der Waals surface area contributed by atoms with Gasteiger partial charge in [-0.15, -0.1) is 0 Å². The molecule has 0 aliphatic carbocycles. The molecule has 198 valence electrons. The zero-order valence-electron chi connectivity index (χ0n) is 21.5. The number of nitrogens with one attached hydrogen (secondary N) is 1. The average molecular weight is 533 g/mol. The fraction of sp³-hybridized carbons (Fsp3) is 0.682. The Morgan fingerprint density at radius 2 is 1.86 bits per heavy atom. The monoisotopic (exact) mass is 532 g/mol. The Hall–Kier alpha value is -1.63. The van der Waals surface area contributed by atoms with Gasteiger partial charge in [-0.25, -0.2) is 16.0 Å². The number of nitrogens with zero attached hydrogens (tertiary/aromatic N) is 3. The molecule has 0 amide bonds. The van der Waals surface area contributed by atoms with Gasteiger partial charge in [0.05, 0.1) is 13.2 Å². The standard InChI is InChI=1S/C22H38N4O7P2/c1-17(2)26(18(3)4)34(31-13-11-23-5)32-15-19(10-14-35(7,8)29)33-21(16-30-6)25-12-9-20(27)24-22(25)28/h9-10,12,14,17-19,21H,11,13,15-16H2,1-4,6-8H3,(H,24,27,28)/b14-10+/t19-,21-,34?/m1/s1. The van der Waals surface area contributed by atoms with Crippen LogP contribution in [-0.2, 0) is 23.1 Å². The molecule has 1 aromatic heterocycles. The van der Waals surface area contributed by atoms with Crippen molar-refractivity contribution in [1.29, 1.82) is 0 Å². The molecule has 1 aromatic rings. The summed E-state index contributed by atoms with van der Waals surface area (Å²) in [6, 6.07) is 1.46. The minimum absolute atomic E-state index is 0.0204. The SMILES string of the molecule is [C-]#[N+]CCOP(OC[C@@H](/C=C/P(C)(C)=O)O[C@H](COC)n1ccc(=O)[nH]c1=O)N(C(C)C)C(C)C. The third-order valence-corrected chi connectivity index (χ3v) is 7.43. The first kappa shape index (κ1) is 31.4. The number of aromatic amines is 1. The molecule has 13 heteroatoms. The lowest BCUT2D eigenvalue weighted by atomic mass is 10.3. The Bertz CT molecular complexity index is 988. The van der Waals surface area contributed by atoms with Crippen LogP contribution >= 0.6 is 15.7 Å². The zero-order valence-corrected chi connectivity index (χ0v) is 23.3. The van der Waals surface area contributed by atoms with Crippen molar-refractivity contribution < 1.29 is 23.1 Å². The van der Waals surface area contributed by atoms with Gasteiger partial charge in [0.1, 0.15) is 19.9 Å². The minimum Gasteiger partial charge on any atom is -0.380 e. The van der Waals surface area contributed by atoms with Crippen molar-refractivity contribution in [1.82, 2.24) is 14.2 Å². The second-order valence-electron chi connectivity index (χ2n) is 8.69. The molecule has 11 nitrogen and oxygen atoms in total. The Morgan fingerprint density at radius 1 is 1.20 bits per heavy atom. The molecule has 1 N–H and O–H groups in total. The van der Waals surface area contributed by atoms with Crippen molar-refractivity contribution in [3.05, 3.63) is 56.4 Å². The maximum atomic E-state index is 12.3. The second kappa shape index (κ2) is 15.5. The number of H-pyrrole nitrogens is 1. The first-order chi connectivity index (χ1) is 16.4. The van der Waals surface area contributed by atoms with Gasteiger partial charge in [-0.3, -0.25) is 14.3 Å². The minimum atomic E-state index is -2.52. The summed E-state index contributed by atoms with van der Waals surface area (Å²) in [5.74, 6) is 1.57. The predicted octanol–water partition coefficient (Wildman–Crippen LogP) is 3.50. The number of hydrogen-bond donors (Lipinski definition) is 1. The summed E-state index contributed by atoms with van der Waals surface area (Å²) < 4.78 is 39.1. The fourth-order valence-corrected chi connectivity index (χ4v) is 5.29. The van der Waals surface area contributed by atoms with Gasteiger partial charge >= 0.3 is 5.69 Å². The highest BCUT2D eigenvalue weighted by Crippen LogP contribution is 2.46. The van der Waals surface area contributed by atoms with Crippen molar-refractivity contribution in [3.8, 4) is 0 Å². The van der Waals surface area contributed by atoms with Gasteiger partial charge in [-0.2, -0.15) is 0 Å². The Morgan fingerprint density at radius 3 is 2.37 bits per heavy atom. The molecule has 0 saturated heterocycles. The van der Waals surface area contributed by atoms with E-state index in [1.54, 1.807) is 25.2 Å². The van der Waals surface area contributed by atoms with Crippen molar-refractivity contribution in [2.24, 2.45) is 0 Å². The molecular weight excluding hydrogens is 494 g/mol. The van der Waals surface area contributed by atoms with Crippen LogP contribution in [0.3, 0.4) is 0 Å². The van der Waals surface area contributed by atoms with E-state index in [2.05, 4.69) is 14.5 Å². The van der Waals surface area contributed by atoms with E-state index in [4.69, 9.17) is 25.1 Å². The molecule has 3 atom stereocenters. The number of aromatic nitrogens is 2. The van der Waals surface area contributed by atoms with E-state index in [0.29, 0.717) is 0 Å². The van der Waals surface area contributed by atoms with E-state index in [9.17, 15) is 14.2 Å². The molecule has 0 fully saturated rings. The Kier molecular flexibility index (Phi) is 13.9. The van der Waals surface area contributed by atoms with Gasteiger partial charge in [0, 0.05) is 31.5 Å². The van der Waals surface area contributed by atoms with Crippen LogP contribution in [-0.4, -0.2) is 79.2 Å². The lowest BCUT2D eigenvalue weighted by molar-refractivity contribution is -0.0856. The lowest BCUT2D eigenvalue weighted by Crippen LogP contribution is -2.37. The van der Waals surface area contributed by atoms with E-state index in [0.717, 1.165) is 0 Å². The smallest absolute Gasteiger partial charge is 0.330 e. The van der Waals surface area contributed by atoms with Gasteiger partial charge in [-0.1, -0.05) is 6.08 Å². The fourth-order valence-electron chi connectivity index (χ4n) is 3.07. The van der Waals surface area contributed by atoms with Crippen LogP contribution in [0.2, 0.25) is 0 Å². The molecule has 0 spiro atoms. The molecule has 35 heavy (non-hydrogen) atoms. The van der Waals surface area contributed by atoms with Crippen LogP contribution in [0, 0.1) is 6.57 Å². The molecular formula is C22H38N4O7P2. The summed E-state index contributed by atoms with van der Waals surface area (Å²) in [6.45, 7) is 18.9. The van der Waals surface area contributed by atoms with E-state index < -0.39 is 39.2 Å². The molecule has 0 bridgehead atoms. The molecule has 0 saturated carbocycles. The van der Waals surface area contributed by atoms with Gasteiger partial charge in [0.2, 0.25) is 6.54 Å². The summed E-state index contributed by atoms with van der Waals surface area (Å²) in [7, 11) is -2.58. The molecule has 1 heterocycles. The molecule has 0 aromatic carbocycles. The molecule has 0 radical (unpaired) electrons. The van der Waals surface area contributed by atoms with Crippen molar-refractivity contribution in [2.45, 2.75) is 52.1 Å². The number of hydrogen-bond acceptors (Lipinski definition) is 8. The highest BCUT2D eigenvalue weighted by molar-refractivity contribution is 7.65. The first-order valence-corrected chi connectivity index (χ1v) is 15.1. The predicted molar refractivity (Wildman–Crippen MR) is 138 cm³/mol. The summed E-state index contributed by atoms with van der Waals surface area (Å²) >= 11 is 0. The summed E-state index contributed by atoms with van der Waals surface area (Å²) in [4.78, 5) is 29.4. The Balaban J connectivity index is 3.22. The first-order valence-electron chi connectivity index (χ1n) is 11.3. The number of ether oxygens (including phenoxy) is 2. The third-order valence-electron chi connectivity index (χ3n) is 4.46. The molecule has 0 aliphatic heterocycles. The van der Waals surface area contributed by atoms with Crippen molar-refractivity contribution in [2.75, 3.05) is 46.8 Å². The summed E-state index contributed by atoms with van der Waals surface area (Å²) in [6.07, 6.45) is 1.38. The van der Waals surface area contributed by atoms with Crippen molar-refractivity contribution >= 4 is 15.7 Å². The van der Waals surface area contributed by atoms with Crippen LogP contribution < -0.4 is 11.2 Å². The van der Waals surface area contributed by atoms with Gasteiger partial charge in [0.15, 0.2) is 6.23 Å². The van der Waals surface area contributed by atoms with E-state index in [-0.39, 0.29) is 38.4 Å². The Labute approximate surface area is 208 Å². The van der Waals surface area contributed by atoms with Gasteiger partial charge < -0.3 is 27.9 Å². The molecule has 1 rings (SSSR count). The van der Waals surface area contributed by atoms with E-state index in [1.165, 1.54) is 23.9 Å². The van der Waals surface area contributed by atoms with Crippen LogP contribution in [0.4, 0.5) is 0 Å². The summed E-state index contributed by atoms with van der Waals surface area (Å²) in [5, 5.41) is 0. The highest BCUT2D eigenvalue weighted by atomic mass is 31.2. The van der Waals surface area contributed by atoms with E-state index in [1.807, 2.05) is 27.7 Å². The average Bonchev–Trinajstić information content (AvgIpc) is 2.73. The van der Waals surface area contributed by atoms with Crippen LogP contribution in [0.1, 0.15) is 33.9 Å². The van der Waals surface area contributed by atoms with Crippen LogP contribution in [0.5, 0.6) is 0 Å². The number of methoxy groups -OCH3 is 1. The largest absolute Gasteiger partial charge is 0.380 e. The van der Waals surface area contributed by atoms with Crippen LogP contribution in [0.25, 0.3) is 4.85 Å². The quantitative estimate of drug-likeness (QED) is 0.195. The summed E-state index contributed by atoms with van der Waals surface area (Å²) in [5.41, 5.74) is -1.17.